The zero-order valence-electron chi connectivity index (χ0n) is 13.5. The molecule has 0 fully saturated rings. The van der Waals surface area contributed by atoms with Crippen LogP contribution in [0.15, 0.2) is 65.2 Å². The number of benzene rings is 2. The number of aromatic nitrogens is 1. The van der Waals surface area contributed by atoms with Gasteiger partial charge in [-0.2, -0.15) is 0 Å². The maximum Gasteiger partial charge on any atom is 0.412 e. The summed E-state index contributed by atoms with van der Waals surface area (Å²) in [7, 11) is 0. The van der Waals surface area contributed by atoms with Crippen LogP contribution >= 0.6 is 0 Å². The summed E-state index contributed by atoms with van der Waals surface area (Å²) in [5.41, 5.74) is 2.89. The molecular formula is C19H18N2O3. The number of hydrogen-bond acceptors (Lipinski definition) is 4. The summed E-state index contributed by atoms with van der Waals surface area (Å²) < 4.78 is 10.7. The molecule has 0 saturated carbocycles. The fraction of sp³-hybridized carbons (Fsp3) is 0.158. The molecule has 5 heteroatoms. The first kappa shape index (κ1) is 15.8. The summed E-state index contributed by atoms with van der Waals surface area (Å²) in [5, 5.41) is 6.77. The number of carbonyl (C=O) groups excluding carboxylic acids is 1. The molecular weight excluding hydrogens is 304 g/mol. The molecule has 1 amide bonds. The SMILES string of the molecule is Cc1onc(-c2ccccc2)c1NC(=O)OC(C)c1ccccc1. The molecule has 0 aliphatic heterocycles. The van der Waals surface area contributed by atoms with E-state index in [-0.39, 0.29) is 6.10 Å². The number of amides is 1. The first-order valence-corrected chi connectivity index (χ1v) is 7.69. The third kappa shape index (κ3) is 3.46. The monoisotopic (exact) mass is 322 g/mol. The van der Waals surface area contributed by atoms with E-state index in [9.17, 15) is 4.79 Å². The Kier molecular flexibility index (Phi) is 4.61. The molecule has 1 N–H and O–H groups in total. The maximum atomic E-state index is 12.2. The van der Waals surface area contributed by atoms with E-state index in [0.717, 1.165) is 11.1 Å². The molecule has 0 spiro atoms. The van der Waals surface area contributed by atoms with Gasteiger partial charge in [0.1, 0.15) is 17.5 Å². The molecule has 24 heavy (non-hydrogen) atoms. The van der Waals surface area contributed by atoms with E-state index in [1.807, 2.05) is 67.6 Å². The Morgan fingerprint density at radius 3 is 2.38 bits per heavy atom. The van der Waals surface area contributed by atoms with Gasteiger partial charge in [-0.1, -0.05) is 65.8 Å². The lowest BCUT2D eigenvalue weighted by molar-refractivity contribution is 0.121. The van der Waals surface area contributed by atoms with Crippen molar-refractivity contribution in [1.29, 1.82) is 0 Å². The zero-order valence-corrected chi connectivity index (χ0v) is 13.5. The van der Waals surface area contributed by atoms with E-state index in [0.29, 0.717) is 17.1 Å². The van der Waals surface area contributed by atoms with E-state index in [1.54, 1.807) is 6.92 Å². The van der Waals surface area contributed by atoms with Gasteiger partial charge in [-0.05, 0) is 19.4 Å². The number of nitrogens with one attached hydrogen (secondary N) is 1. The average molecular weight is 322 g/mol. The van der Waals surface area contributed by atoms with Crippen molar-refractivity contribution in [1.82, 2.24) is 5.16 Å². The van der Waals surface area contributed by atoms with Gasteiger partial charge in [-0.15, -0.1) is 0 Å². The number of aryl methyl sites for hydroxylation is 1. The summed E-state index contributed by atoms with van der Waals surface area (Å²) >= 11 is 0. The Morgan fingerprint density at radius 1 is 1.08 bits per heavy atom. The van der Waals surface area contributed by atoms with Gasteiger partial charge in [0, 0.05) is 5.56 Å². The van der Waals surface area contributed by atoms with Crippen molar-refractivity contribution in [2.45, 2.75) is 20.0 Å². The van der Waals surface area contributed by atoms with Crippen molar-refractivity contribution < 1.29 is 14.1 Å². The first-order chi connectivity index (χ1) is 11.6. The average Bonchev–Trinajstić information content (AvgIpc) is 2.97. The number of anilines is 1. The topological polar surface area (TPSA) is 64.4 Å². The Hall–Kier alpha value is -3.08. The van der Waals surface area contributed by atoms with Gasteiger partial charge in [0.25, 0.3) is 0 Å². The summed E-state index contributed by atoms with van der Waals surface area (Å²) in [6.07, 6.45) is -0.902. The van der Waals surface area contributed by atoms with E-state index in [1.165, 1.54) is 0 Å². The van der Waals surface area contributed by atoms with E-state index in [4.69, 9.17) is 9.26 Å². The van der Waals surface area contributed by atoms with Crippen molar-refractivity contribution in [2.24, 2.45) is 0 Å². The Bertz CT molecular complexity index is 813. The van der Waals surface area contributed by atoms with Crippen LogP contribution in [-0.4, -0.2) is 11.2 Å². The summed E-state index contributed by atoms with van der Waals surface area (Å²) in [6, 6.07) is 19.1. The van der Waals surface area contributed by atoms with Crippen molar-refractivity contribution >= 4 is 11.8 Å². The zero-order chi connectivity index (χ0) is 16.9. The lowest BCUT2D eigenvalue weighted by Crippen LogP contribution is -2.16. The highest BCUT2D eigenvalue weighted by Gasteiger charge is 2.19. The second-order valence-electron chi connectivity index (χ2n) is 5.41. The van der Waals surface area contributed by atoms with Crippen LogP contribution < -0.4 is 5.32 Å². The third-order valence-corrected chi connectivity index (χ3v) is 3.69. The van der Waals surface area contributed by atoms with Crippen molar-refractivity contribution in [3.8, 4) is 11.3 Å². The fourth-order valence-electron chi connectivity index (χ4n) is 2.40. The van der Waals surface area contributed by atoms with Gasteiger partial charge in [-0.25, -0.2) is 4.79 Å². The van der Waals surface area contributed by atoms with E-state index in [2.05, 4.69) is 10.5 Å². The van der Waals surface area contributed by atoms with Gasteiger partial charge < -0.3 is 9.26 Å². The number of hydrogen-bond donors (Lipinski definition) is 1. The van der Waals surface area contributed by atoms with Crippen LogP contribution in [0.25, 0.3) is 11.3 Å². The smallest absolute Gasteiger partial charge is 0.412 e. The first-order valence-electron chi connectivity index (χ1n) is 7.69. The molecule has 0 aliphatic rings. The van der Waals surface area contributed by atoms with E-state index < -0.39 is 6.09 Å². The molecule has 0 aliphatic carbocycles. The predicted octanol–water partition coefficient (Wildman–Crippen LogP) is 4.96. The van der Waals surface area contributed by atoms with Crippen molar-refractivity contribution in [3.05, 3.63) is 72.0 Å². The van der Waals surface area contributed by atoms with Crippen LogP contribution in [0.4, 0.5) is 10.5 Å². The van der Waals surface area contributed by atoms with Crippen molar-refractivity contribution in [2.75, 3.05) is 5.32 Å². The minimum Gasteiger partial charge on any atom is -0.441 e. The quantitative estimate of drug-likeness (QED) is 0.737. The standard InChI is InChI=1S/C19H18N2O3/c1-13(15-9-5-3-6-10-15)23-19(22)20-17-14(2)24-21-18(17)16-11-7-4-8-12-16/h3-13H,1-2H3,(H,20,22). The van der Waals surface area contributed by atoms with Gasteiger partial charge in [0.15, 0.2) is 5.76 Å². The normalized spacial score (nSPS) is 11.8. The summed E-state index contributed by atoms with van der Waals surface area (Å²) in [5.74, 6) is 0.526. The predicted molar refractivity (Wildman–Crippen MR) is 91.6 cm³/mol. The molecule has 1 unspecified atom stereocenters. The Morgan fingerprint density at radius 2 is 1.71 bits per heavy atom. The second-order valence-corrected chi connectivity index (χ2v) is 5.41. The molecule has 1 heterocycles. The van der Waals surface area contributed by atoms with Crippen LogP contribution in [0.3, 0.4) is 0 Å². The van der Waals surface area contributed by atoms with Gasteiger partial charge in [0.05, 0.1) is 0 Å². The van der Waals surface area contributed by atoms with Crippen LogP contribution in [0, 0.1) is 6.92 Å². The molecule has 0 radical (unpaired) electrons. The minimum absolute atomic E-state index is 0.355. The largest absolute Gasteiger partial charge is 0.441 e. The maximum absolute atomic E-state index is 12.2. The van der Waals surface area contributed by atoms with Crippen LogP contribution in [0.5, 0.6) is 0 Å². The molecule has 5 nitrogen and oxygen atoms in total. The molecule has 3 rings (SSSR count). The number of carbonyl (C=O) groups is 1. The molecule has 1 aromatic heterocycles. The molecule has 2 aromatic carbocycles. The lowest BCUT2D eigenvalue weighted by Gasteiger charge is -2.14. The summed E-state index contributed by atoms with van der Waals surface area (Å²) in [6.45, 7) is 3.57. The van der Waals surface area contributed by atoms with Crippen LogP contribution in [0.2, 0.25) is 0 Å². The van der Waals surface area contributed by atoms with Crippen LogP contribution in [-0.2, 0) is 4.74 Å². The lowest BCUT2D eigenvalue weighted by atomic mass is 10.1. The fourth-order valence-corrected chi connectivity index (χ4v) is 2.40. The Labute approximate surface area is 140 Å². The molecule has 3 aromatic rings. The number of rotatable bonds is 4. The highest BCUT2D eigenvalue weighted by molar-refractivity contribution is 5.91. The second kappa shape index (κ2) is 7.00. The minimum atomic E-state index is -0.546. The van der Waals surface area contributed by atoms with Gasteiger partial charge in [0.2, 0.25) is 0 Å². The number of ether oxygens (including phenoxy) is 1. The van der Waals surface area contributed by atoms with E-state index >= 15 is 0 Å². The van der Waals surface area contributed by atoms with Gasteiger partial charge in [-0.3, -0.25) is 5.32 Å². The number of nitrogens with zero attached hydrogens (tertiary/aromatic N) is 1. The molecule has 122 valence electrons. The van der Waals surface area contributed by atoms with Crippen molar-refractivity contribution in [3.63, 3.8) is 0 Å². The third-order valence-electron chi connectivity index (χ3n) is 3.69. The molecule has 0 bridgehead atoms. The van der Waals surface area contributed by atoms with Crippen LogP contribution in [0.1, 0.15) is 24.4 Å². The Balaban J connectivity index is 1.74. The highest BCUT2D eigenvalue weighted by Crippen LogP contribution is 2.30. The summed E-state index contributed by atoms with van der Waals surface area (Å²) in [4.78, 5) is 12.2. The molecule has 0 saturated heterocycles. The van der Waals surface area contributed by atoms with Gasteiger partial charge >= 0.3 is 6.09 Å². The highest BCUT2D eigenvalue weighted by atomic mass is 16.6. The molecule has 1 atom stereocenters.